The summed E-state index contributed by atoms with van der Waals surface area (Å²) in [5.41, 5.74) is 2.72. The fraction of sp³-hybridized carbons (Fsp3) is 0.650. The Morgan fingerprint density at radius 1 is 1.17 bits per heavy atom. The second kappa shape index (κ2) is 7.24. The Morgan fingerprint density at radius 2 is 2.04 bits per heavy atom. The van der Waals surface area contributed by atoms with Crippen LogP contribution in [0.1, 0.15) is 36.8 Å². The van der Waals surface area contributed by atoms with Crippen molar-refractivity contribution in [2.45, 2.75) is 44.8 Å². The van der Waals surface area contributed by atoms with Crippen LogP contribution in [0.15, 0.2) is 24.3 Å². The lowest BCUT2D eigenvalue weighted by molar-refractivity contribution is -0.132. The Morgan fingerprint density at radius 3 is 2.96 bits per heavy atom. The number of carbonyl (C=O) groups is 1. The first-order valence-electron chi connectivity index (χ1n) is 9.48. The molecule has 0 N–H and O–H groups in total. The number of ether oxygens (including phenoxy) is 1. The maximum Gasteiger partial charge on any atom is 0.224 e. The van der Waals surface area contributed by atoms with Crippen LogP contribution in [-0.4, -0.2) is 54.6 Å². The van der Waals surface area contributed by atoms with E-state index in [9.17, 15) is 4.79 Å². The average Bonchev–Trinajstić information content (AvgIpc) is 2.65. The first-order chi connectivity index (χ1) is 11.8. The van der Waals surface area contributed by atoms with Gasteiger partial charge in [-0.15, -0.1) is 0 Å². The monoisotopic (exact) mass is 328 g/mol. The van der Waals surface area contributed by atoms with E-state index in [0.29, 0.717) is 24.3 Å². The molecule has 3 heterocycles. The first kappa shape index (κ1) is 16.1. The van der Waals surface area contributed by atoms with E-state index in [4.69, 9.17) is 4.74 Å². The molecule has 4 heteroatoms. The second-order valence-corrected chi connectivity index (χ2v) is 7.48. The fourth-order valence-corrected chi connectivity index (χ4v) is 4.49. The summed E-state index contributed by atoms with van der Waals surface area (Å²) in [6, 6.07) is 8.51. The van der Waals surface area contributed by atoms with Gasteiger partial charge in [0.15, 0.2) is 0 Å². The first-order valence-corrected chi connectivity index (χ1v) is 9.48. The predicted octanol–water partition coefficient (Wildman–Crippen LogP) is 2.46. The van der Waals surface area contributed by atoms with Crippen LogP contribution < -0.4 is 0 Å². The smallest absolute Gasteiger partial charge is 0.224 e. The number of fused-ring (bicyclic) bond motifs is 2. The summed E-state index contributed by atoms with van der Waals surface area (Å²) in [6.45, 7) is 5.69. The van der Waals surface area contributed by atoms with Gasteiger partial charge < -0.3 is 14.5 Å². The third kappa shape index (κ3) is 3.50. The van der Waals surface area contributed by atoms with Gasteiger partial charge in [-0.3, -0.25) is 4.79 Å². The van der Waals surface area contributed by atoms with Crippen molar-refractivity contribution in [3.63, 3.8) is 0 Å². The Kier molecular flexibility index (Phi) is 4.86. The Balaban J connectivity index is 1.27. The summed E-state index contributed by atoms with van der Waals surface area (Å²) < 4.78 is 5.88. The number of hydrogen-bond donors (Lipinski definition) is 0. The molecule has 0 aromatic heterocycles. The van der Waals surface area contributed by atoms with Gasteiger partial charge in [0.05, 0.1) is 6.10 Å². The molecule has 4 nitrogen and oxygen atoms in total. The van der Waals surface area contributed by atoms with Gasteiger partial charge in [0.25, 0.3) is 0 Å². The van der Waals surface area contributed by atoms with Crippen molar-refractivity contribution in [1.82, 2.24) is 9.80 Å². The second-order valence-electron chi connectivity index (χ2n) is 7.48. The molecule has 0 aliphatic carbocycles. The van der Waals surface area contributed by atoms with Gasteiger partial charge in [0.2, 0.25) is 5.91 Å². The maximum atomic E-state index is 12.6. The lowest BCUT2D eigenvalue weighted by atomic mass is 9.88. The van der Waals surface area contributed by atoms with Gasteiger partial charge in [-0.2, -0.15) is 0 Å². The molecule has 0 saturated carbocycles. The number of benzene rings is 1. The summed E-state index contributed by atoms with van der Waals surface area (Å²) in [7, 11) is 0. The molecule has 0 radical (unpaired) electrons. The van der Waals surface area contributed by atoms with Gasteiger partial charge >= 0.3 is 0 Å². The molecule has 0 bridgehead atoms. The van der Waals surface area contributed by atoms with Crippen LogP contribution in [-0.2, 0) is 22.5 Å². The highest BCUT2D eigenvalue weighted by molar-refractivity contribution is 5.76. The molecule has 3 aliphatic heterocycles. The van der Waals surface area contributed by atoms with Crippen molar-refractivity contribution in [2.75, 3.05) is 32.8 Å². The van der Waals surface area contributed by atoms with Gasteiger partial charge in [0, 0.05) is 45.8 Å². The third-order valence-corrected chi connectivity index (χ3v) is 5.92. The highest BCUT2D eigenvalue weighted by Gasteiger charge is 2.32. The Hall–Kier alpha value is -1.39. The zero-order chi connectivity index (χ0) is 16.4. The molecule has 1 aromatic rings. The van der Waals surface area contributed by atoms with E-state index in [0.717, 1.165) is 52.2 Å². The van der Waals surface area contributed by atoms with Crippen LogP contribution in [0.3, 0.4) is 0 Å². The topological polar surface area (TPSA) is 32.8 Å². The van der Waals surface area contributed by atoms with E-state index in [1.54, 1.807) is 0 Å². The number of nitrogens with zero attached hydrogens (tertiary/aromatic N) is 2. The molecule has 24 heavy (non-hydrogen) atoms. The summed E-state index contributed by atoms with van der Waals surface area (Å²) >= 11 is 0. The molecule has 1 aromatic carbocycles. The Bertz CT molecular complexity index is 589. The van der Waals surface area contributed by atoms with E-state index in [1.165, 1.54) is 24.0 Å². The zero-order valence-electron chi connectivity index (χ0n) is 14.5. The fourth-order valence-electron chi connectivity index (χ4n) is 4.49. The van der Waals surface area contributed by atoms with Crippen molar-refractivity contribution < 1.29 is 9.53 Å². The van der Waals surface area contributed by atoms with Crippen LogP contribution >= 0.6 is 0 Å². The van der Waals surface area contributed by atoms with E-state index in [-0.39, 0.29) is 0 Å². The van der Waals surface area contributed by atoms with Gasteiger partial charge in [-0.25, -0.2) is 0 Å². The van der Waals surface area contributed by atoms with Crippen LogP contribution in [0.25, 0.3) is 0 Å². The molecule has 4 rings (SSSR count). The summed E-state index contributed by atoms with van der Waals surface area (Å²) in [5.74, 6) is 0.996. The molecule has 1 amide bonds. The quantitative estimate of drug-likeness (QED) is 0.854. The van der Waals surface area contributed by atoms with Crippen LogP contribution in [0.5, 0.6) is 0 Å². The lowest BCUT2D eigenvalue weighted by Gasteiger charge is -2.41. The van der Waals surface area contributed by atoms with Crippen molar-refractivity contribution in [2.24, 2.45) is 5.92 Å². The zero-order valence-corrected chi connectivity index (χ0v) is 14.5. The van der Waals surface area contributed by atoms with E-state index in [2.05, 4.69) is 29.2 Å². The minimum atomic E-state index is 0.312. The standard InChI is InChI=1S/C20H28N2O2/c23-20(22-12-7-16-4-1-2-5-17(16)15-22)9-11-21-10-8-19-18(14-21)6-3-13-24-19/h1-2,4-5,18-19H,3,6-15H2/t18-,19+/m0/s1. The highest BCUT2D eigenvalue weighted by atomic mass is 16.5. The summed E-state index contributed by atoms with van der Waals surface area (Å²) in [5, 5.41) is 0. The van der Waals surface area contributed by atoms with Gasteiger partial charge in [-0.1, -0.05) is 24.3 Å². The highest BCUT2D eigenvalue weighted by Crippen LogP contribution is 2.28. The number of likely N-dealkylation sites (tertiary alicyclic amines) is 1. The van der Waals surface area contributed by atoms with Crippen molar-refractivity contribution in [3.05, 3.63) is 35.4 Å². The van der Waals surface area contributed by atoms with Gasteiger partial charge in [-0.05, 0) is 42.7 Å². The van der Waals surface area contributed by atoms with Crippen LogP contribution in [0, 0.1) is 5.92 Å². The summed E-state index contributed by atoms with van der Waals surface area (Å²) in [4.78, 5) is 17.1. The maximum absolute atomic E-state index is 12.6. The van der Waals surface area contributed by atoms with Gasteiger partial charge in [0.1, 0.15) is 0 Å². The largest absolute Gasteiger partial charge is 0.378 e. The number of piperidine rings is 1. The van der Waals surface area contributed by atoms with Crippen LogP contribution in [0.2, 0.25) is 0 Å². The van der Waals surface area contributed by atoms with Crippen LogP contribution in [0.4, 0.5) is 0 Å². The van der Waals surface area contributed by atoms with E-state index in [1.807, 2.05) is 4.90 Å². The van der Waals surface area contributed by atoms with E-state index >= 15 is 0 Å². The van der Waals surface area contributed by atoms with Crippen molar-refractivity contribution in [3.8, 4) is 0 Å². The molecule has 2 atom stereocenters. The average molecular weight is 328 g/mol. The predicted molar refractivity (Wildman–Crippen MR) is 93.7 cm³/mol. The molecule has 2 saturated heterocycles. The molecular weight excluding hydrogens is 300 g/mol. The van der Waals surface area contributed by atoms with Crippen molar-refractivity contribution in [1.29, 1.82) is 0 Å². The molecule has 0 spiro atoms. The molecule has 3 aliphatic rings. The lowest BCUT2D eigenvalue weighted by Crippen LogP contribution is -2.47. The minimum absolute atomic E-state index is 0.312. The molecule has 2 fully saturated rings. The SMILES string of the molecule is O=C(CCN1CC[C@H]2OCCC[C@H]2C1)N1CCc2ccccc2C1. The molecular formula is C20H28N2O2. The number of carbonyl (C=O) groups excluding carboxylic acids is 1. The van der Waals surface area contributed by atoms with E-state index < -0.39 is 0 Å². The minimum Gasteiger partial charge on any atom is -0.378 e. The van der Waals surface area contributed by atoms with Crippen molar-refractivity contribution >= 4 is 5.91 Å². The molecule has 130 valence electrons. The molecule has 0 unspecified atom stereocenters. The Labute approximate surface area is 144 Å². The third-order valence-electron chi connectivity index (χ3n) is 5.92. The normalized spacial score (nSPS) is 27.4. The number of hydrogen-bond acceptors (Lipinski definition) is 3. The number of rotatable bonds is 3. The summed E-state index contributed by atoms with van der Waals surface area (Å²) in [6.07, 6.45) is 5.74. The number of amides is 1.